The molecule has 1 aromatic rings. The number of hydroxylamine groups is 1. The summed E-state index contributed by atoms with van der Waals surface area (Å²) >= 11 is 0. The van der Waals surface area contributed by atoms with Crippen molar-refractivity contribution < 1.29 is 17.8 Å². The Hall–Kier alpha value is -2.13. The first-order chi connectivity index (χ1) is 8.40. The molecule has 0 heterocycles. The van der Waals surface area contributed by atoms with Gasteiger partial charge in [0.2, 0.25) is 5.96 Å². The average molecular weight is 272 g/mol. The number of rotatable bonds is 4. The zero-order chi connectivity index (χ0) is 13.6. The number of nitrogens with one attached hydrogen (secondary N) is 1. The zero-order valence-corrected chi connectivity index (χ0v) is 10.3. The van der Waals surface area contributed by atoms with Gasteiger partial charge >= 0.3 is 10.1 Å². The van der Waals surface area contributed by atoms with Crippen LogP contribution in [-0.4, -0.2) is 32.1 Å². The van der Waals surface area contributed by atoms with E-state index in [1.54, 1.807) is 17.6 Å². The molecule has 0 radical (unpaired) electrons. The predicted molar refractivity (Wildman–Crippen MR) is 66.1 cm³/mol. The monoisotopic (exact) mass is 272 g/mol. The van der Waals surface area contributed by atoms with Crippen molar-refractivity contribution in [1.29, 1.82) is 0 Å². The van der Waals surface area contributed by atoms with Gasteiger partial charge in [0.05, 0.1) is 12.5 Å². The van der Waals surface area contributed by atoms with Gasteiger partial charge in [0.15, 0.2) is 0 Å². The van der Waals surface area contributed by atoms with Crippen LogP contribution in [0.5, 0.6) is 5.75 Å². The van der Waals surface area contributed by atoms with Crippen LogP contribution in [0.4, 0.5) is 0 Å². The fourth-order valence-corrected chi connectivity index (χ4v) is 1.45. The van der Waals surface area contributed by atoms with E-state index in [1.165, 1.54) is 18.3 Å². The Morgan fingerprint density at radius 3 is 2.89 bits per heavy atom. The molecule has 0 aliphatic rings. The van der Waals surface area contributed by atoms with Crippen molar-refractivity contribution in [2.24, 2.45) is 15.9 Å². The van der Waals surface area contributed by atoms with Crippen LogP contribution in [0.1, 0.15) is 5.56 Å². The molecule has 0 aliphatic carbocycles. The standard InChI is InChI=1S/C9H12N4O4S/c1-18(15,16)17-8-4-2-3-7(5-8)6-11-12-9(10)13-14/h2-6,14H,1H3,(H3,10,12,13). The SMILES string of the molecule is CS(=O)(=O)Oc1cccc(C=N/N=C(\N)NO)c1. The van der Waals surface area contributed by atoms with Crippen molar-refractivity contribution in [2.45, 2.75) is 0 Å². The van der Waals surface area contributed by atoms with E-state index in [-0.39, 0.29) is 11.7 Å². The van der Waals surface area contributed by atoms with Gasteiger partial charge < -0.3 is 9.92 Å². The Kier molecular flexibility index (Phi) is 4.63. The minimum atomic E-state index is -3.57. The van der Waals surface area contributed by atoms with E-state index in [0.29, 0.717) is 5.56 Å². The topological polar surface area (TPSA) is 126 Å². The molecule has 0 saturated carbocycles. The molecular formula is C9H12N4O4S. The molecule has 18 heavy (non-hydrogen) atoms. The smallest absolute Gasteiger partial charge is 0.306 e. The van der Waals surface area contributed by atoms with E-state index < -0.39 is 10.1 Å². The molecule has 98 valence electrons. The summed E-state index contributed by atoms with van der Waals surface area (Å²) in [7, 11) is -3.57. The van der Waals surface area contributed by atoms with Crippen molar-refractivity contribution in [2.75, 3.05) is 6.26 Å². The third-order valence-electron chi connectivity index (χ3n) is 1.59. The second-order valence-electron chi connectivity index (χ2n) is 3.20. The quantitative estimate of drug-likeness (QED) is 0.298. The minimum Gasteiger partial charge on any atom is -0.383 e. The van der Waals surface area contributed by atoms with Crippen LogP contribution in [0.2, 0.25) is 0 Å². The highest BCUT2D eigenvalue weighted by Crippen LogP contribution is 2.13. The molecule has 0 bridgehead atoms. The van der Waals surface area contributed by atoms with Gasteiger partial charge in [-0.2, -0.15) is 13.5 Å². The van der Waals surface area contributed by atoms with Crippen LogP contribution in [0.25, 0.3) is 0 Å². The first-order valence-electron chi connectivity index (χ1n) is 4.67. The maximum absolute atomic E-state index is 10.9. The molecule has 0 unspecified atom stereocenters. The van der Waals surface area contributed by atoms with Gasteiger partial charge in [-0.1, -0.05) is 12.1 Å². The third-order valence-corrected chi connectivity index (χ3v) is 2.09. The van der Waals surface area contributed by atoms with Crippen molar-refractivity contribution in [3.63, 3.8) is 0 Å². The van der Waals surface area contributed by atoms with E-state index in [9.17, 15) is 8.42 Å². The first-order valence-corrected chi connectivity index (χ1v) is 6.48. The zero-order valence-electron chi connectivity index (χ0n) is 9.44. The molecule has 0 amide bonds. The van der Waals surface area contributed by atoms with E-state index in [1.807, 2.05) is 0 Å². The highest BCUT2D eigenvalue weighted by atomic mass is 32.2. The van der Waals surface area contributed by atoms with Crippen LogP contribution >= 0.6 is 0 Å². The van der Waals surface area contributed by atoms with Crippen molar-refractivity contribution in [1.82, 2.24) is 5.48 Å². The summed E-state index contributed by atoms with van der Waals surface area (Å²) in [4.78, 5) is 0. The van der Waals surface area contributed by atoms with E-state index in [0.717, 1.165) is 6.26 Å². The van der Waals surface area contributed by atoms with E-state index in [2.05, 4.69) is 14.4 Å². The van der Waals surface area contributed by atoms with Gasteiger partial charge in [-0.15, -0.1) is 5.10 Å². The molecule has 9 heteroatoms. The molecule has 8 nitrogen and oxygen atoms in total. The molecule has 0 aliphatic heterocycles. The summed E-state index contributed by atoms with van der Waals surface area (Å²) < 4.78 is 26.5. The number of nitrogens with two attached hydrogens (primary N) is 1. The molecule has 4 N–H and O–H groups in total. The third kappa shape index (κ3) is 5.27. The fraction of sp³-hybridized carbons (Fsp3) is 0.111. The molecule has 0 aromatic heterocycles. The molecule has 0 spiro atoms. The Morgan fingerprint density at radius 2 is 2.28 bits per heavy atom. The molecule has 0 saturated heterocycles. The summed E-state index contributed by atoms with van der Waals surface area (Å²) in [5.74, 6) is -0.103. The van der Waals surface area contributed by atoms with Crippen LogP contribution in [-0.2, 0) is 10.1 Å². The summed E-state index contributed by atoms with van der Waals surface area (Å²) in [6.07, 6.45) is 2.27. The Labute approximate surface area is 104 Å². The lowest BCUT2D eigenvalue weighted by Gasteiger charge is -2.02. The molecule has 1 rings (SSSR count). The number of hydrogen-bond donors (Lipinski definition) is 3. The van der Waals surface area contributed by atoms with Gasteiger partial charge in [0.1, 0.15) is 5.75 Å². The highest BCUT2D eigenvalue weighted by Gasteiger charge is 2.03. The average Bonchev–Trinajstić information content (AvgIpc) is 2.27. The largest absolute Gasteiger partial charge is 0.383 e. The number of guanidine groups is 1. The first kappa shape index (κ1) is 13.9. The maximum atomic E-state index is 10.9. The number of nitrogens with zero attached hydrogens (tertiary/aromatic N) is 2. The van der Waals surface area contributed by atoms with Gasteiger partial charge in [-0.25, -0.2) is 5.48 Å². The van der Waals surface area contributed by atoms with Crippen LogP contribution in [0, 0.1) is 0 Å². The van der Waals surface area contributed by atoms with Crippen molar-refractivity contribution in [3.8, 4) is 5.75 Å². The fourth-order valence-electron chi connectivity index (χ4n) is 1.00. The molecule has 0 fully saturated rings. The van der Waals surface area contributed by atoms with Gasteiger partial charge in [0, 0.05) is 0 Å². The summed E-state index contributed by atoms with van der Waals surface area (Å²) in [6, 6.07) is 6.21. The van der Waals surface area contributed by atoms with Crippen molar-refractivity contribution >= 4 is 22.3 Å². The Morgan fingerprint density at radius 1 is 1.56 bits per heavy atom. The minimum absolute atomic E-state index is 0.165. The van der Waals surface area contributed by atoms with E-state index in [4.69, 9.17) is 10.9 Å². The maximum Gasteiger partial charge on any atom is 0.306 e. The van der Waals surface area contributed by atoms with Crippen LogP contribution in [0.15, 0.2) is 34.5 Å². The summed E-state index contributed by atoms with van der Waals surface area (Å²) in [5, 5.41) is 15.3. The lowest BCUT2D eigenvalue weighted by molar-refractivity contribution is 0.232. The van der Waals surface area contributed by atoms with Gasteiger partial charge in [0.25, 0.3) is 0 Å². The van der Waals surface area contributed by atoms with Crippen LogP contribution < -0.4 is 15.4 Å². The lowest BCUT2D eigenvalue weighted by Crippen LogP contribution is -2.27. The molecule has 0 atom stereocenters. The summed E-state index contributed by atoms with van der Waals surface area (Å²) in [5.41, 5.74) is 7.29. The van der Waals surface area contributed by atoms with Crippen molar-refractivity contribution in [3.05, 3.63) is 29.8 Å². The molecular weight excluding hydrogens is 260 g/mol. The Bertz CT molecular complexity index is 568. The Balaban J connectivity index is 2.83. The second kappa shape index (κ2) is 5.98. The highest BCUT2D eigenvalue weighted by molar-refractivity contribution is 7.86. The predicted octanol–water partition coefficient (Wildman–Crippen LogP) is -0.348. The number of benzene rings is 1. The lowest BCUT2D eigenvalue weighted by atomic mass is 10.2. The van der Waals surface area contributed by atoms with E-state index >= 15 is 0 Å². The summed E-state index contributed by atoms with van der Waals surface area (Å²) in [6.45, 7) is 0. The van der Waals surface area contributed by atoms with Crippen LogP contribution in [0.3, 0.4) is 0 Å². The normalized spacial score (nSPS) is 12.7. The number of hydrogen-bond acceptors (Lipinski definition) is 6. The molecule has 1 aromatic carbocycles. The second-order valence-corrected chi connectivity index (χ2v) is 4.78. The van der Waals surface area contributed by atoms with Gasteiger partial charge in [-0.05, 0) is 17.7 Å². The van der Waals surface area contributed by atoms with Gasteiger partial charge in [-0.3, -0.25) is 5.21 Å².